The molecule has 2 aromatic rings. The van der Waals surface area contributed by atoms with Crippen molar-refractivity contribution in [1.29, 1.82) is 0 Å². The average molecular weight is 393 g/mol. The lowest BCUT2D eigenvalue weighted by Gasteiger charge is -2.34. The van der Waals surface area contributed by atoms with Gasteiger partial charge in [-0.3, -0.25) is 0 Å². The van der Waals surface area contributed by atoms with Crippen LogP contribution in [0, 0.1) is 18.3 Å². The average Bonchev–Trinajstić information content (AvgIpc) is 2.71. The van der Waals surface area contributed by atoms with E-state index in [1.54, 1.807) is 5.56 Å². The fourth-order valence-corrected chi connectivity index (χ4v) is 5.07. The van der Waals surface area contributed by atoms with E-state index in [-0.39, 0.29) is 0 Å². The summed E-state index contributed by atoms with van der Waals surface area (Å²) >= 11 is 0. The Morgan fingerprint density at radius 3 is 2.28 bits per heavy atom. The summed E-state index contributed by atoms with van der Waals surface area (Å²) in [7, 11) is 0. The highest BCUT2D eigenvalue weighted by atomic mass is 14.3. The summed E-state index contributed by atoms with van der Waals surface area (Å²) in [5.74, 6) is 1.40. The monoisotopic (exact) mass is 392 g/mol. The number of unbranched alkanes of at least 4 members (excludes halogenated alkanes) is 1. The van der Waals surface area contributed by atoms with E-state index < -0.39 is 0 Å². The molecule has 3 unspecified atom stereocenters. The highest BCUT2D eigenvalue weighted by Crippen LogP contribution is 2.39. The molecule has 29 heavy (non-hydrogen) atoms. The van der Waals surface area contributed by atoms with Gasteiger partial charge in [-0.1, -0.05) is 96.0 Å². The van der Waals surface area contributed by atoms with Crippen molar-refractivity contribution in [3.63, 3.8) is 0 Å². The number of rotatable bonds is 12. The van der Waals surface area contributed by atoms with E-state index in [9.17, 15) is 0 Å². The number of hydrogen-bond donors (Lipinski definition) is 0. The van der Waals surface area contributed by atoms with Crippen LogP contribution in [0.3, 0.4) is 0 Å². The Morgan fingerprint density at radius 2 is 1.66 bits per heavy atom. The van der Waals surface area contributed by atoms with Gasteiger partial charge in [0, 0.05) is 0 Å². The van der Waals surface area contributed by atoms with Crippen LogP contribution in [0.5, 0.6) is 0 Å². The minimum absolute atomic E-state index is 0.446. The van der Waals surface area contributed by atoms with Gasteiger partial charge in [-0.05, 0) is 85.0 Å². The smallest absolute Gasteiger partial charge is 0.0188 e. The Morgan fingerprint density at radius 1 is 0.931 bits per heavy atom. The zero-order valence-electron chi connectivity index (χ0n) is 19.9. The first-order valence-corrected chi connectivity index (χ1v) is 12.0. The molecule has 0 aliphatic heterocycles. The lowest BCUT2D eigenvalue weighted by Crippen LogP contribution is -2.22. The Balaban J connectivity index is 2.00. The molecular weight excluding hydrogens is 348 g/mol. The van der Waals surface area contributed by atoms with Gasteiger partial charge in [0.15, 0.2) is 0 Å². The van der Waals surface area contributed by atoms with E-state index >= 15 is 0 Å². The molecule has 0 aromatic heterocycles. The summed E-state index contributed by atoms with van der Waals surface area (Å²) in [6, 6.07) is 18.2. The van der Waals surface area contributed by atoms with Crippen molar-refractivity contribution in [3.05, 3.63) is 70.8 Å². The fraction of sp³-hybridized carbons (Fsp3) is 0.586. The first-order chi connectivity index (χ1) is 13.9. The third-order valence-corrected chi connectivity index (χ3v) is 6.91. The highest BCUT2D eigenvalue weighted by Gasteiger charge is 2.27. The molecule has 0 fully saturated rings. The molecule has 0 heterocycles. The van der Waals surface area contributed by atoms with Crippen LogP contribution in [0.25, 0.3) is 0 Å². The van der Waals surface area contributed by atoms with E-state index in [4.69, 9.17) is 0 Å². The molecular formula is C29H44. The Labute approximate surface area is 181 Å². The van der Waals surface area contributed by atoms with Gasteiger partial charge in [-0.2, -0.15) is 0 Å². The van der Waals surface area contributed by atoms with Crippen LogP contribution in [0.1, 0.15) is 101 Å². The molecule has 0 nitrogen and oxygen atoms in total. The van der Waals surface area contributed by atoms with E-state index in [0.717, 1.165) is 12.3 Å². The molecule has 0 N–H and O–H groups in total. The van der Waals surface area contributed by atoms with Crippen molar-refractivity contribution in [3.8, 4) is 0 Å². The molecule has 0 bridgehead atoms. The zero-order valence-corrected chi connectivity index (χ0v) is 19.9. The second-order valence-corrected chi connectivity index (χ2v) is 9.89. The number of benzene rings is 2. The van der Waals surface area contributed by atoms with Gasteiger partial charge in [0.25, 0.3) is 0 Å². The van der Waals surface area contributed by atoms with Gasteiger partial charge in [0.05, 0.1) is 0 Å². The van der Waals surface area contributed by atoms with Crippen LogP contribution in [-0.4, -0.2) is 0 Å². The first-order valence-electron chi connectivity index (χ1n) is 12.0. The molecule has 0 saturated heterocycles. The maximum atomic E-state index is 2.56. The summed E-state index contributed by atoms with van der Waals surface area (Å²) in [5.41, 5.74) is 6.43. The Hall–Kier alpha value is -1.56. The normalized spacial score (nSPS) is 15.7. The van der Waals surface area contributed by atoms with Crippen LogP contribution in [0.2, 0.25) is 0 Å². The molecule has 0 heteroatoms. The predicted molar refractivity (Wildman–Crippen MR) is 130 cm³/mol. The molecule has 160 valence electrons. The SMILES string of the molecule is CCCCC(C)(CCc1ccc(CC)cc1C)CC(C)CC(C)c1ccccc1. The third kappa shape index (κ3) is 7.65. The summed E-state index contributed by atoms with van der Waals surface area (Å²) in [6.45, 7) is 14.3. The summed E-state index contributed by atoms with van der Waals surface area (Å²) in [6.07, 6.45) is 10.3. The highest BCUT2D eigenvalue weighted by molar-refractivity contribution is 5.31. The Bertz CT molecular complexity index is 714. The van der Waals surface area contributed by atoms with Gasteiger partial charge in [-0.25, -0.2) is 0 Å². The predicted octanol–water partition coefficient (Wildman–Crippen LogP) is 8.91. The van der Waals surface area contributed by atoms with E-state index in [1.807, 2.05) is 0 Å². The van der Waals surface area contributed by atoms with Crippen molar-refractivity contribution in [2.45, 2.75) is 98.8 Å². The standard InChI is InChI=1S/C29H44/c1-7-9-18-29(6,19-17-28-16-15-26(8-2)21-25(28)5)22-23(3)20-24(4)27-13-11-10-12-14-27/h10-16,21,23-24H,7-9,17-20,22H2,1-6H3. The lowest BCUT2D eigenvalue weighted by molar-refractivity contribution is 0.196. The van der Waals surface area contributed by atoms with Crippen LogP contribution in [0.4, 0.5) is 0 Å². The van der Waals surface area contributed by atoms with Gasteiger partial charge in [0.2, 0.25) is 0 Å². The van der Waals surface area contributed by atoms with Crippen molar-refractivity contribution < 1.29 is 0 Å². The molecule has 0 radical (unpaired) electrons. The van der Waals surface area contributed by atoms with Gasteiger partial charge in [0.1, 0.15) is 0 Å². The first kappa shape index (κ1) is 23.7. The van der Waals surface area contributed by atoms with Crippen molar-refractivity contribution >= 4 is 0 Å². The molecule has 0 spiro atoms. The van der Waals surface area contributed by atoms with E-state index in [2.05, 4.69) is 90.1 Å². The van der Waals surface area contributed by atoms with Crippen LogP contribution >= 0.6 is 0 Å². The molecule has 0 aliphatic rings. The van der Waals surface area contributed by atoms with Crippen molar-refractivity contribution in [1.82, 2.24) is 0 Å². The summed E-state index contributed by atoms with van der Waals surface area (Å²) in [4.78, 5) is 0. The van der Waals surface area contributed by atoms with Crippen LogP contribution in [0.15, 0.2) is 48.5 Å². The zero-order chi connectivity index (χ0) is 21.3. The van der Waals surface area contributed by atoms with E-state index in [0.29, 0.717) is 11.3 Å². The second-order valence-electron chi connectivity index (χ2n) is 9.89. The van der Waals surface area contributed by atoms with Gasteiger partial charge in [-0.15, -0.1) is 0 Å². The van der Waals surface area contributed by atoms with E-state index in [1.165, 1.54) is 61.6 Å². The lowest BCUT2D eigenvalue weighted by atomic mass is 9.72. The topological polar surface area (TPSA) is 0 Å². The van der Waals surface area contributed by atoms with Gasteiger partial charge < -0.3 is 0 Å². The third-order valence-electron chi connectivity index (χ3n) is 6.91. The largest absolute Gasteiger partial charge is 0.0654 e. The number of aryl methyl sites for hydroxylation is 3. The molecule has 3 atom stereocenters. The minimum Gasteiger partial charge on any atom is -0.0654 e. The summed E-state index contributed by atoms with van der Waals surface area (Å²) in [5, 5.41) is 0. The maximum Gasteiger partial charge on any atom is -0.0188 e. The second kappa shape index (κ2) is 11.6. The van der Waals surface area contributed by atoms with Crippen LogP contribution in [-0.2, 0) is 12.8 Å². The van der Waals surface area contributed by atoms with Crippen molar-refractivity contribution in [2.75, 3.05) is 0 Å². The molecule has 2 rings (SSSR count). The summed E-state index contributed by atoms with van der Waals surface area (Å²) < 4.78 is 0. The maximum absolute atomic E-state index is 2.56. The molecule has 0 amide bonds. The van der Waals surface area contributed by atoms with Crippen molar-refractivity contribution in [2.24, 2.45) is 11.3 Å². The Kier molecular flexibility index (Phi) is 9.47. The molecule has 0 aliphatic carbocycles. The fourth-order valence-electron chi connectivity index (χ4n) is 5.07. The van der Waals surface area contributed by atoms with Gasteiger partial charge >= 0.3 is 0 Å². The van der Waals surface area contributed by atoms with Crippen LogP contribution < -0.4 is 0 Å². The molecule has 0 saturated carbocycles. The minimum atomic E-state index is 0.446. The number of hydrogen-bond acceptors (Lipinski definition) is 0. The molecule has 2 aromatic carbocycles. The quantitative estimate of drug-likeness (QED) is 0.338.